The number of aromatic nitrogens is 1. The molecule has 0 atom stereocenters. The Bertz CT molecular complexity index is 961. The summed E-state index contributed by atoms with van der Waals surface area (Å²) in [6.07, 6.45) is 0. The standard InChI is InChI=1S/C19H14Cl2FN3O/c1-11-15(7-9-18(21)23-11)19(26)25-14-6-8-16(20)17(10-14)24-13-4-2-12(22)3-5-13/h2-10,24H,1H3,(H,25,26). The average Bonchev–Trinajstić information content (AvgIpc) is 2.59. The third-order valence-electron chi connectivity index (χ3n) is 3.64. The van der Waals surface area contributed by atoms with E-state index in [1.165, 1.54) is 12.1 Å². The second-order valence-corrected chi connectivity index (χ2v) is 6.34. The fourth-order valence-electron chi connectivity index (χ4n) is 2.36. The van der Waals surface area contributed by atoms with Crippen molar-refractivity contribution in [2.24, 2.45) is 0 Å². The molecule has 0 bridgehead atoms. The van der Waals surface area contributed by atoms with Gasteiger partial charge in [-0.3, -0.25) is 4.79 Å². The van der Waals surface area contributed by atoms with E-state index in [1.54, 1.807) is 49.4 Å². The van der Waals surface area contributed by atoms with Gasteiger partial charge in [0.15, 0.2) is 0 Å². The van der Waals surface area contributed by atoms with E-state index < -0.39 is 0 Å². The van der Waals surface area contributed by atoms with Crippen LogP contribution in [0.2, 0.25) is 10.2 Å². The van der Waals surface area contributed by atoms with Gasteiger partial charge in [-0.25, -0.2) is 9.37 Å². The van der Waals surface area contributed by atoms with E-state index in [-0.39, 0.29) is 11.7 Å². The normalized spacial score (nSPS) is 10.5. The topological polar surface area (TPSA) is 54.0 Å². The number of anilines is 3. The maximum atomic E-state index is 13.0. The summed E-state index contributed by atoms with van der Waals surface area (Å²) in [4.78, 5) is 16.5. The SMILES string of the molecule is Cc1nc(Cl)ccc1C(=O)Nc1ccc(Cl)c(Nc2ccc(F)cc2)c1. The van der Waals surface area contributed by atoms with E-state index in [0.29, 0.717) is 38.5 Å². The fourth-order valence-corrected chi connectivity index (χ4v) is 2.71. The summed E-state index contributed by atoms with van der Waals surface area (Å²) in [5.74, 6) is -0.628. The largest absolute Gasteiger partial charge is 0.354 e. The van der Waals surface area contributed by atoms with Crippen LogP contribution in [0.15, 0.2) is 54.6 Å². The summed E-state index contributed by atoms with van der Waals surface area (Å²) >= 11 is 12.0. The molecule has 1 aromatic heterocycles. The van der Waals surface area contributed by atoms with E-state index in [2.05, 4.69) is 15.6 Å². The van der Waals surface area contributed by atoms with Gasteiger partial charge in [0.2, 0.25) is 0 Å². The highest BCUT2D eigenvalue weighted by Gasteiger charge is 2.12. The Labute approximate surface area is 160 Å². The molecule has 0 aliphatic carbocycles. The van der Waals surface area contributed by atoms with Crippen LogP contribution < -0.4 is 10.6 Å². The molecule has 0 radical (unpaired) electrons. The van der Waals surface area contributed by atoms with Crippen molar-refractivity contribution in [2.75, 3.05) is 10.6 Å². The second-order valence-electron chi connectivity index (χ2n) is 5.55. The van der Waals surface area contributed by atoms with E-state index in [0.717, 1.165) is 0 Å². The molecule has 0 saturated carbocycles. The minimum absolute atomic E-state index is 0.304. The van der Waals surface area contributed by atoms with Gasteiger partial charge in [-0.15, -0.1) is 0 Å². The van der Waals surface area contributed by atoms with Gasteiger partial charge in [0, 0.05) is 11.4 Å². The Morgan fingerprint density at radius 3 is 2.38 bits per heavy atom. The van der Waals surface area contributed by atoms with Gasteiger partial charge in [-0.1, -0.05) is 23.2 Å². The lowest BCUT2D eigenvalue weighted by molar-refractivity contribution is 0.102. The Morgan fingerprint density at radius 2 is 1.69 bits per heavy atom. The molecule has 0 aliphatic heterocycles. The number of rotatable bonds is 4. The first-order chi connectivity index (χ1) is 12.4. The van der Waals surface area contributed by atoms with Crippen LogP contribution in [0.4, 0.5) is 21.5 Å². The van der Waals surface area contributed by atoms with Gasteiger partial charge < -0.3 is 10.6 Å². The van der Waals surface area contributed by atoms with Crippen LogP contribution in [0, 0.1) is 12.7 Å². The average molecular weight is 390 g/mol. The molecule has 4 nitrogen and oxygen atoms in total. The van der Waals surface area contributed by atoms with Crippen LogP contribution in [0.5, 0.6) is 0 Å². The number of amides is 1. The van der Waals surface area contributed by atoms with Gasteiger partial charge in [-0.2, -0.15) is 0 Å². The number of carbonyl (C=O) groups is 1. The monoisotopic (exact) mass is 389 g/mol. The predicted octanol–water partition coefficient (Wildman–Crippen LogP) is 5.83. The number of nitrogens with one attached hydrogen (secondary N) is 2. The van der Waals surface area contributed by atoms with Crippen LogP contribution >= 0.6 is 23.2 Å². The molecule has 0 spiro atoms. The van der Waals surface area contributed by atoms with Gasteiger partial charge in [0.25, 0.3) is 5.91 Å². The molecule has 2 N–H and O–H groups in total. The van der Waals surface area contributed by atoms with Crippen molar-refractivity contribution in [2.45, 2.75) is 6.92 Å². The molecule has 0 fully saturated rings. The summed E-state index contributed by atoms with van der Waals surface area (Å²) < 4.78 is 13.0. The summed E-state index contributed by atoms with van der Waals surface area (Å²) in [5.41, 5.74) is 2.78. The number of aryl methyl sites for hydroxylation is 1. The first kappa shape index (κ1) is 18.2. The van der Waals surface area contributed by atoms with Crippen molar-refractivity contribution in [3.05, 3.63) is 81.8 Å². The first-order valence-corrected chi connectivity index (χ1v) is 8.44. The van der Waals surface area contributed by atoms with Crippen molar-refractivity contribution >= 4 is 46.2 Å². The van der Waals surface area contributed by atoms with Crippen LogP contribution in [0.3, 0.4) is 0 Å². The predicted molar refractivity (Wildman–Crippen MR) is 103 cm³/mol. The minimum Gasteiger partial charge on any atom is -0.354 e. The van der Waals surface area contributed by atoms with Gasteiger partial charge in [0.05, 0.1) is 22.0 Å². The fraction of sp³-hybridized carbons (Fsp3) is 0.0526. The van der Waals surface area contributed by atoms with Crippen LogP contribution in [-0.2, 0) is 0 Å². The molecule has 1 heterocycles. The highest BCUT2D eigenvalue weighted by Crippen LogP contribution is 2.29. The third-order valence-corrected chi connectivity index (χ3v) is 4.18. The highest BCUT2D eigenvalue weighted by atomic mass is 35.5. The summed E-state index contributed by atoms with van der Waals surface area (Å²) in [6.45, 7) is 1.71. The zero-order chi connectivity index (χ0) is 18.7. The number of hydrogen-bond acceptors (Lipinski definition) is 3. The van der Waals surface area contributed by atoms with Gasteiger partial charge in [-0.05, 0) is 61.5 Å². The lowest BCUT2D eigenvalue weighted by atomic mass is 10.2. The van der Waals surface area contributed by atoms with E-state index in [9.17, 15) is 9.18 Å². The summed E-state index contributed by atoms with van der Waals surface area (Å²) in [7, 11) is 0. The maximum Gasteiger partial charge on any atom is 0.257 e. The Morgan fingerprint density at radius 1 is 1.00 bits per heavy atom. The molecule has 2 aromatic carbocycles. The molecule has 1 amide bonds. The molecule has 3 rings (SSSR count). The van der Waals surface area contributed by atoms with Gasteiger partial charge in [0.1, 0.15) is 11.0 Å². The number of carbonyl (C=O) groups excluding carboxylic acids is 1. The van der Waals surface area contributed by atoms with Crippen molar-refractivity contribution in [1.29, 1.82) is 0 Å². The number of pyridine rings is 1. The van der Waals surface area contributed by atoms with Crippen LogP contribution in [0.1, 0.15) is 16.1 Å². The molecule has 0 aliphatic rings. The van der Waals surface area contributed by atoms with E-state index >= 15 is 0 Å². The third kappa shape index (κ3) is 4.31. The number of nitrogens with zero attached hydrogens (tertiary/aromatic N) is 1. The van der Waals surface area contributed by atoms with Crippen molar-refractivity contribution in [3.63, 3.8) is 0 Å². The molecule has 0 unspecified atom stereocenters. The molecule has 7 heteroatoms. The second kappa shape index (κ2) is 7.72. The van der Waals surface area contributed by atoms with Crippen LogP contribution in [-0.4, -0.2) is 10.9 Å². The molecule has 3 aromatic rings. The molecule has 26 heavy (non-hydrogen) atoms. The quantitative estimate of drug-likeness (QED) is 0.551. The maximum absolute atomic E-state index is 13.0. The van der Waals surface area contributed by atoms with Crippen molar-refractivity contribution < 1.29 is 9.18 Å². The van der Waals surface area contributed by atoms with Crippen molar-refractivity contribution in [3.8, 4) is 0 Å². The summed E-state index contributed by atoms with van der Waals surface area (Å²) in [5, 5.41) is 6.69. The zero-order valence-corrected chi connectivity index (χ0v) is 15.2. The Balaban J connectivity index is 1.80. The highest BCUT2D eigenvalue weighted by molar-refractivity contribution is 6.33. The lowest BCUT2D eigenvalue weighted by Crippen LogP contribution is -2.14. The molecule has 0 saturated heterocycles. The zero-order valence-electron chi connectivity index (χ0n) is 13.7. The summed E-state index contributed by atoms with van der Waals surface area (Å²) in [6, 6.07) is 14.1. The smallest absolute Gasteiger partial charge is 0.257 e. The lowest BCUT2D eigenvalue weighted by Gasteiger charge is -2.12. The van der Waals surface area contributed by atoms with Crippen molar-refractivity contribution in [1.82, 2.24) is 4.98 Å². The van der Waals surface area contributed by atoms with E-state index in [1.807, 2.05) is 0 Å². The van der Waals surface area contributed by atoms with Crippen LogP contribution in [0.25, 0.3) is 0 Å². The Kier molecular flexibility index (Phi) is 5.40. The molecular formula is C19H14Cl2FN3O. The molecule has 132 valence electrons. The first-order valence-electron chi connectivity index (χ1n) is 7.69. The Hall–Kier alpha value is -2.63. The molecular weight excluding hydrogens is 376 g/mol. The number of halogens is 3. The minimum atomic E-state index is -0.324. The number of hydrogen-bond donors (Lipinski definition) is 2. The van der Waals surface area contributed by atoms with E-state index in [4.69, 9.17) is 23.2 Å². The van der Waals surface area contributed by atoms with Gasteiger partial charge >= 0.3 is 0 Å². The number of benzene rings is 2.